The van der Waals surface area contributed by atoms with Crippen LogP contribution < -0.4 is 23.7 Å². The number of aromatic nitrogens is 4. The number of anilines is 1. The largest absolute Gasteiger partial charge is 0.494 e. The molecule has 0 aliphatic heterocycles. The maximum absolute atomic E-state index is 12.5. The van der Waals surface area contributed by atoms with Gasteiger partial charge in [0, 0.05) is 11.1 Å². The van der Waals surface area contributed by atoms with Gasteiger partial charge in [0.1, 0.15) is 19.5 Å². The molecule has 0 bridgehead atoms. The molecule has 1 aromatic carbocycles. The van der Waals surface area contributed by atoms with Gasteiger partial charge in [0.05, 0.1) is 25.1 Å². The number of hydrogen-bond donors (Lipinski definition) is 2. The summed E-state index contributed by atoms with van der Waals surface area (Å²) >= 11 is 6.01. The average molecular weight is 493 g/mol. The smallest absolute Gasteiger partial charge is 0.316 e. The van der Waals surface area contributed by atoms with E-state index < -0.39 is 10.2 Å². The second-order valence-electron chi connectivity index (χ2n) is 7.01. The van der Waals surface area contributed by atoms with Crippen molar-refractivity contribution in [1.82, 2.24) is 24.7 Å². The molecule has 4 rings (SSSR count). The molecule has 0 saturated heterocycles. The Morgan fingerprint density at radius 1 is 1.03 bits per heavy atom. The lowest BCUT2D eigenvalue weighted by Gasteiger charge is -2.15. The number of rotatable bonds is 11. The Labute approximate surface area is 195 Å². The first-order chi connectivity index (χ1) is 15.9. The van der Waals surface area contributed by atoms with Crippen LogP contribution in [-0.4, -0.2) is 54.7 Å². The molecule has 33 heavy (non-hydrogen) atoms. The molecule has 2 aromatic heterocycles. The third-order valence-corrected chi connectivity index (χ3v) is 5.83. The van der Waals surface area contributed by atoms with Crippen molar-refractivity contribution in [3.05, 3.63) is 48.0 Å². The van der Waals surface area contributed by atoms with E-state index in [1.54, 1.807) is 24.3 Å². The van der Waals surface area contributed by atoms with Gasteiger partial charge >= 0.3 is 16.2 Å². The van der Waals surface area contributed by atoms with Gasteiger partial charge in [0.2, 0.25) is 5.88 Å². The van der Waals surface area contributed by atoms with Gasteiger partial charge in [0.25, 0.3) is 0 Å². The third-order valence-electron chi connectivity index (χ3n) is 4.47. The third kappa shape index (κ3) is 6.40. The van der Waals surface area contributed by atoms with Crippen LogP contribution in [-0.2, 0) is 10.2 Å². The predicted octanol–water partition coefficient (Wildman–Crippen LogP) is 2.46. The second kappa shape index (κ2) is 10.1. The van der Waals surface area contributed by atoms with Crippen LogP contribution >= 0.6 is 11.6 Å². The Morgan fingerprint density at radius 2 is 1.73 bits per heavy atom. The summed E-state index contributed by atoms with van der Waals surface area (Å²) < 4.78 is 46.2. The van der Waals surface area contributed by atoms with Crippen LogP contribution in [0.5, 0.6) is 17.6 Å². The number of nitrogens with zero attached hydrogens (tertiary/aromatic N) is 4. The van der Waals surface area contributed by atoms with Gasteiger partial charge in [-0.25, -0.2) is 9.97 Å². The Morgan fingerprint density at radius 3 is 2.39 bits per heavy atom. The Kier molecular flexibility index (Phi) is 7.06. The van der Waals surface area contributed by atoms with Crippen molar-refractivity contribution in [3.8, 4) is 28.8 Å². The monoisotopic (exact) mass is 492 g/mol. The molecular formula is C20H21ClN6O5S. The number of ether oxygens (including phenoxy) is 3. The van der Waals surface area contributed by atoms with Crippen LogP contribution in [0.1, 0.15) is 12.8 Å². The lowest BCUT2D eigenvalue weighted by molar-refractivity contribution is 0.201. The van der Waals surface area contributed by atoms with Gasteiger partial charge in [-0.05, 0) is 30.5 Å². The van der Waals surface area contributed by atoms with Crippen LogP contribution in [0.3, 0.4) is 0 Å². The van der Waals surface area contributed by atoms with Crippen molar-refractivity contribution < 1.29 is 22.6 Å². The zero-order chi connectivity index (χ0) is 23.3. The van der Waals surface area contributed by atoms with Gasteiger partial charge in [-0.1, -0.05) is 23.7 Å². The standard InChI is InChI=1S/C20H21ClN6O5S/c1-30-16-10-22-20(23-11-16)32-9-8-31-19-17(13-2-4-14(21)5-3-13)18(24-12-25-19)27-33(28,29)26-15-6-7-15/h2-5,10-12,15,26H,6-9H2,1H3,(H,24,25,27). The van der Waals surface area contributed by atoms with Crippen LogP contribution in [0.4, 0.5) is 5.82 Å². The minimum Gasteiger partial charge on any atom is -0.494 e. The van der Waals surface area contributed by atoms with E-state index in [1.807, 2.05) is 0 Å². The molecule has 0 radical (unpaired) electrons. The summed E-state index contributed by atoms with van der Waals surface area (Å²) in [5, 5.41) is 0.531. The van der Waals surface area contributed by atoms with Crippen molar-refractivity contribution >= 4 is 27.6 Å². The number of benzene rings is 1. The quantitative estimate of drug-likeness (QED) is 0.386. The van der Waals surface area contributed by atoms with Crippen molar-refractivity contribution in [2.24, 2.45) is 0 Å². The molecule has 1 saturated carbocycles. The average Bonchev–Trinajstić information content (AvgIpc) is 3.61. The molecule has 11 nitrogen and oxygen atoms in total. The Balaban J connectivity index is 1.51. The lowest BCUT2D eigenvalue weighted by atomic mass is 10.1. The van der Waals surface area contributed by atoms with Crippen LogP contribution in [0.25, 0.3) is 11.1 Å². The fourth-order valence-electron chi connectivity index (χ4n) is 2.77. The van der Waals surface area contributed by atoms with E-state index in [0.717, 1.165) is 12.8 Å². The summed E-state index contributed by atoms with van der Waals surface area (Å²) in [6.45, 7) is 0.222. The summed E-state index contributed by atoms with van der Waals surface area (Å²) in [6.07, 6.45) is 5.81. The van der Waals surface area contributed by atoms with E-state index in [2.05, 4.69) is 29.4 Å². The summed E-state index contributed by atoms with van der Waals surface area (Å²) in [5.74, 6) is 0.768. The fourth-order valence-corrected chi connectivity index (χ4v) is 4.03. The molecule has 174 valence electrons. The van der Waals surface area contributed by atoms with Gasteiger partial charge in [-0.15, -0.1) is 0 Å². The zero-order valence-electron chi connectivity index (χ0n) is 17.6. The minimum absolute atomic E-state index is 0.0589. The molecule has 1 fully saturated rings. The molecule has 3 aromatic rings. The van der Waals surface area contributed by atoms with Gasteiger partial charge in [-0.3, -0.25) is 4.72 Å². The van der Waals surface area contributed by atoms with E-state index in [1.165, 1.54) is 25.8 Å². The summed E-state index contributed by atoms with van der Waals surface area (Å²) in [7, 11) is -2.30. The topological polar surface area (TPSA) is 137 Å². The predicted molar refractivity (Wildman–Crippen MR) is 121 cm³/mol. The van der Waals surface area contributed by atoms with Crippen molar-refractivity contribution in [2.75, 3.05) is 25.0 Å². The molecule has 0 amide bonds. The highest BCUT2D eigenvalue weighted by atomic mass is 35.5. The highest BCUT2D eigenvalue weighted by molar-refractivity contribution is 7.90. The normalized spacial score (nSPS) is 13.4. The van der Waals surface area contributed by atoms with Crippen molar-refractivity contribution in [1.29, 1.82) is 0 Å². The lowest BCUT2D eigenvalue weighted by Crippen LogP contribution is -2.32. The zero-order valence-corrected chi connectivity index (χ0v) is 19.1. The number of hydrogen-bond acceptors (Lipinski definition) is 9. The van der Waals surface area contributed by atoms with E-state index in [9.17, 15) is 8.42 Å². The molecule has 0 atom stereocenters. The molecule has 2 heterocycles. The Bertz CT molecular complexity index is 1190. The maximum atomic E-state index is 12.5. The molecule has 2 N–H and O–H groups in total. The van der Waals surface area contributed by atoms with Gasteiger partial charge in [-0.2, -0.15) is 23.1 Å². The first-order valence-corrected chi connectivity index (χ1v) is 11.8. The molecule has 0 spiro atoms. The molecular weight excluding hydrogens is 472 g/mol. The molecule has 13 heteroatoms. The van der Waals surface area contributed by atoms with E-state index >= 15 is 0 Å². The summed E-state index contributed by atoms with van der Waals surface area (Å²) in [5.41, 5.74) is 0.995. The SMILES string of the molecule is COc1cnc(OCCOc2ncnc(NS(=O)(=O)NC3CC3)c2-c2ccc(Cl)cc2)nc1. The van der Waals surface area contributed by atoms with Gasteiger partial charge < -0.3 is 14.2 Å². The summed E-state index contributed by atoms with van der Waals surface area (Å²) in [6, 6.07) is 6.91. The maximum Gasteiger partial charge on any atom is 0.316 e. The Hall–Kier alpha value is -3.22. The highest BCUT2D eigenvalue weighted by Gasteiger charge is 2.28. The van der Waals surface area contributed by atoms with Crippen LogP contribution in [0, 0.1) is 0 Å². The molecule has 0 unspecified atom stereocenters. The van der Waals surface area contributed by atoms with E-state index in [0.29, 0.717) is 21.9 Å². The van der Waals surface area contributed by atoms with E-state index in [-0.39, 0.29) is 37.0 Å². The van der Waals surface area contributed by atoms with Crippen LogP contribution in [0.15, 0.2) is 43.0 Å². The van der Waals surface area contributed by atoms with Gasteiger partial charge in [0.15, 0.2) is 11.6 Å². The summed E-state index contributed by atoms with van der Waals surface area (Å²) in [4.78, 5) is 16.3. The fraction of sp³-hybridized carbons (Fsp3) is 0.300. The first kappa shape index (κ1) is 23.0. The highest BCUT2D eigenvalue weighted by Crippen LogP contribution is 2.35. The number of methoxy groups -OCH3 is 1. The number of halogens is 1. The van der Waals surface area contributed by atoms with Crippen molar-refractivity contribution in [2.45, 2.75) is 18.9 Å². The number of nitrogens with one attached hydrogen (secondary N) is 2. The van der Waals surface area contributed by atoms with Crippen molar-refractivity contribution in [3.63, 3.8) is 0 Å². The van der Waals surface area contributed by atoms with E-state index in [4.69, 9.17) is 25.8 Å². The molecule has 1 aliphatic carbocycles. The van der Waals surface area contributed by atoms with Crippen LogP contribution in [0.2, 0.25) is 5.02 Å². The second-order valence-corrected chi connectivity index (χ2v) is 8.89. The molecule has 1 aliphatic rings. The minimum atomic E-state index is -3.82. The first-order valence-electron chi connectivity index (χ1n) is 9.96.